The molecule has 1 N–H and O–H groups in total. The number of rotatable bonds is 2. The second-order valence-corrected chi connectivity index (χ2v) is 7.35. The van der Waals surface area contributed by atoms with E-state index in [4.69, 9.17) is 0 Å². The van der Waals surface area contributed by atoms with Gasteiger partial charge in [-0.15, -0.1) is 0 Å². The molecule has 0 aromatic carbocycles. The van der Waals surface area contributed by atoms with Crippen LogP contribution >= 0.6 is 0 Å². The SMILES string of the molecule is C[C@@H]1CN(C)CCN1C(=O)Nc1ccc(S(C)(=O)=O)nc1. The van der Waals surface area contributed by atoms with Crippen LogP contribution in [0.2, 0.25) is 0 Å². The molecule has 1 aromatic rings. The van der Waals surface area contributed by atoms with E-state index >= 15 is 0 Å². The fraction of sp³-hybridized carbons (Fsp3) is 0.538. The van der Waals surface area contributed by atoms with Gasteiger partial charge in [0, 0.05) is 31.9 Å². The number of carbonyl (C=O) groups excluding carboxylic acids is 1. The van der Waals surface area contributed by atoms with E-state index in [2.05, 4.69) is 15.2 Å². The van der Waals surface area contributed by atoms with Crippen LogP contribution in [0.5, 0.6) is 0 Å². The Morgan fingerprint density at radius 1 is 1.38 bits per heavy atom. The second kappa shape index (κ2) is 5.98. The van der Waals surface area contributed by atoms with Crippen LogP contribution in [0.15, 0.2) is 23.4 Å². The molecule has 2 rings (SSSR count). The van der Waals surface area contributed by atoms with Crippen molar-refractivity contribution in [1.82, 2.24) is 14.8 Å². The van der Waals surface area contributed by atoms with E-state index in [9.17, 15) is 13.2 Å². The van der Waals surface area contributed by atoms with Crippen molar-refractivity contribution in [3.8, 4) is 0 Å². The summed E-state index contributed by atoms with van der Waals surface area (Å²) < 4.78 is 22.6. The van der Waals surface area contributed by atoms with Crippen LogP contribution in [0.3, 0.4) is 0 Å². The summed E-state index contributed by atoms with van der Waals surface area (Å²) in [4.78, 5) is 20.0. The molecule has 2 amide bonds. The Kier molecular flexibility index (Phi) is 4.48. The number of hydrogen-bond acceptors (Lipinski definition) is 5. The van der Waals surface area contributed by atoms with E-state index in [0.29, 0.717) is 12.2 Å². The van der Waals surface area contributed by atoms with Crippen molar-refractivity contribution in [2.45, 2.75) is 18.0 Å². The number of piperazine rings is 1. The largest absolute Gasteiger partial charge is 0.322 e. The molecule has 1 aromatic heterocycles. The number of aromatic nitrogens is 1. The van der Waals surface area contributed by atoms with Crippen LogP contribution in [-0.4, -0.2) is 68.2 Å². The maximum atomic E-state index is 12.2. The van der Waals surface area contributed by atoms with Gasteiger partial charge in [-0.3, -0.25) is 0 Å². The Labute approximate surface area is 124 Å². The lowest BCUT2D eigenvalue weighted by atomic mass is 10.2. The average molecular weight is 312 g/mol. The van der Waals surface area contributed by atoms with Gasteiger partial charge in [0.25, 0.3) is 0 Å². The van der Waals surface area contributed by atoms with Crippen molar-refractivity contribution in [3.63, 3.8) is 0 Å². The summed E-state index contributed by atoms with van der Waals surface area (Å²) in [5.74, 6) is 0. The summed E-state index contributed by atoms with van der Waals surface area (Å²) in [6, 6.07) is 2.87. The van der Waals surface area contributed by atoms with Crippen LogP contribution in [0, 0.1) is 0 Å². The lowest BCUT2D eigenvalue weighted by Crippen LogP contribution is -2.53. The van der Waals surface area contributed by atoms with E-state index in [1.807, 2.05) is 14.0 Å². The predicted octanol–water partition coefficient (Wildman–Crippen LogP) is 0.653. The molecule has 116 valence electrons. The highest BCUT2D eigenvalue weighted by molar-refractivity contribution is 7.90. The number of sulfone groups is 1. The Morgan fingerprint density at radius 2 is 2.10 bits per heavy atom. The van der Waals surface area contributed by atoms with Crippen LogP contribution in [-0.2, 0) is 9.84 Å². The van der Waals surface area contributed by atoms with Crippen molar-refractivity contribution >= 4 is 21.6 Å². The van der Waals surface area contributed by atoms with Crippen LogP contribution in [0.25, 0.3) is 0 Å². The summed E-state index contributed by atoms with van der Waals surface area (Å²) in [6.07, 6.45) is 2.45. The minimum atomic E-state index is -3.32. The minimum absolute atomic E-state index is 0.00605. The molecular weight excluding hydrogens is 292 g/mol. The molecule has 0 saturated carbocycles. The normalized spacial score (nSPS) is 20.3. The van der Waals surface area contributed by atoms with Gasteiger partial charge in [-0.1, -0.05) is 0 Å². The second-order valence-electron chi connectivity index (χ2n) is 5.39. The van der Waals surface area contributed by atoms with Gasteiger partial charge in [0.2, 0.25) is 0 Å². The molecule has 8 heteroatoms. The molecule has 0 aliphatic carbocycles. The molecule has 1 atom stereocenters. The summed E-state index contributed by atoms with van der Waals surface area (Å²) in [7, 11) is -1.30. The zero-order valence-corrected chi connectivity index (χ0v) is 13.2. The molecule has 0 bridgehead atoms. The minimum Gasteiger partial charge on any atom is -0.319 e. The van der Waals surface area contributed by atoms with E-state index in [0.717, 1.165) is 19.3 Å². The molecule has 21 heavy (non-hydrogen) atoms. The number of nitrogens with one attached hydrogen (secondary N) is 1. The van der Waals surface area contributed by atoms with Crippen molar-refractivity contribution in [3.05, 3.63) is 18.3 Å². The van der Waals surface area contributed by atoms with E-state index < -0.39 is 9.84 Å². The monoisotopic (exact) mass is 312 g/mol. The van der Waals surface area contributed by atoms with E-state index in [1.54, 1.807) is 11.0 Å². The van der Waals surface area contributed by atoms with Gasteiger partial charge < -0.3 is 15.1 Å². The maximum Gasteiger partial charge on any atom is 0.322 e. The molecule has 1 aliphatic heterocycles. The molecule has 1 saturated heterocycles. The molecule has 0 spiro atoms. The van der Waals surface area contributed by atoms with Crippen LogP contribution < -0.4 is 5.32 Å². The van der Waals surface area contributed by atoms with Gasteiger partial charge in [0.15, 0.2) is 14.9 Å². The smallest absolute Gasteiger partial charge is 0.319 e. The average Bonchev–Trinajstić information content (AvgIpc) is 2.38. The highest BCUT2D eigenvalue weighted by Gasteiger charge is 2.25. The standard InChI is InChI=1S/C13H20N4O3S/c1-10-9-16(2)6-7-17(10)13(18)15-11-4-5-12(14-8-11)21(3,19)20/h4-5,8,10H,6-7,9H2,1-3H3,(H,15,18)/t10-/m1/s1. The topological polar surface area (TPSA) is 82.6 Å². The summed E-state index contributed by atoms with van der Waals surface area (Å²) in [5, 5.41) is 2.74. The number of urea groups is 1. The fourth-order valence-electron chi connectivity index (χ4n) is 2.31. The fourth-order valence-corrected chi connectivity index (χ4v) is 2.87. The first-order valence-electron chi connectivity index (χ1n) is 6.69. The van der Waals surface area contributed by atoms with Crippen molar-refractivity contribution in [2.75, 3.05) is 38.3 Å². The Balaban J connectivity index is 2.03. The summed E-state index contributed by atoms with van der Waals surface area (Å²) in [6.45, 7) is 4.33. The number of likely N-dealkylation sites (N-methyl/N-ethyl adjacent to an activating group) is 1. The molecule has 0 unspecified atom stereocenters. The number of anilines is 1. The van der Waals surface area contributed by atoms with Gasteiger partial charge in [0.1, 0.15) is 0 Å². The predicted molar refractivity (Wildman–Crippen MR) is 80.0 cm³/mol. The maximum absolute atomic E-state index is 12.2. The highest BCUT2D eigenvalue weighted by atomic mass is 32.2. The zero-order chi connectivity index (χ0) is 15.6. The molecule has 0 radical (unpaired) electrons. The van der Waals surface area contributed by atoms with Crippen molar-refractivity contribution in [1.29, 1.82) is 0 Å². The summed E-state index contributed by atoms with van der Waals surface area (Å²) in [5.41, 5.74) is 0.485. The van der Waals surface area contributed by atoms with Crippen LogP contribution in [0.4, 0.5) is 10.5 Å². The van der Waals surface area contributed by atoms with Gasteiger partial charge in [-0.25, -0.2) is 18.2 Å². The molecule has 1 fully saturated rings. The molecule has 7 nitrogen and oxygen atoms in total. The molecular formula is C13H20N4O3S. The number of pyridine rings is 1. The Morgan fingerprint density at radius 3 is 2.62 bits per heavy atom. The number of amides is 2. The third-order valence-corrected chi connectivity index (χ3v) is 4.46. The zero-order valence-electron chi connectivity index (χ0n) is 12.4. The van der Waals surface area contributed by atoms with E-state index in [-0.39, 0.29) is 17.1 Å². The van der Waals surface area contributed by atoms with Crippen molar-refractivity contribution in [2.24, 2.45) is 0 Å². The Hall–Kier alpha value is -1.67. The lowest BCUT2D eigenvalue weighted by molar-refractivity contribution is 0.125. The third kappa shape index (κ3) is 3.92. The first-order valence-corrected chi connectivity index (χ1v) is 8.59. The Bertz CT molecular complexity index is 615. The number of hydrogen-bond donors (Lipinski definition) is 1. The number of nitrogens with zero attached hydrogens (tertiary/aromatic N) is 3. The molecule has 1 aliphatic rings. The van der Waals surface area contributed by atoms with Gasteiger partial charge in [-0.2, -0.15) is 0 Å². The number of carbonyl (C=O) groups is 1. The van der Waals surface area contributed by atoms with Gasteiger partial charge in [-0.05, 0) is 26.1 Å². The quantitative estimate of drug-likeness (QED) is 0.867. The first-order chi connectivity index (χ1) is 9.77. The molecule has 2 heterocycles. The summed E-state index contributed by atoms with van der Waals surface area (Å²) >= 11 is 0. The third-order valence-electron chi connectivity index (χ3n) is 3.46. The van der Waals surface area contributed by atoms with Gasteiger partial charge >= 0.3 is 6.03 Å². The highest BCUT2D eigenvalue weighted by Crippen LogP contribution is 2.13. The van der Waals surface area contributed by atoms with E-state index in [1.165, 1.54) is 12.3 Å². The van der Waals surface area contributed by atoms with Crippen LogP contribution in [0.1, 0.15) is 6.92 Å². The lowest BCUT2D eigenvalue weighted by Gasteiger charge is -2.38. The first kappa shape index (κ1) is 15.7. The van der Waals surface area contributed by atoms with Crippen molar-refractivity contribution < 1.29 is 13.2 Å². The van der Waals surface area contributed by atoms with Gasteiger partial charge in [0.05, 0.1) is 11.9 Å².